The summed E-state index contributed by atoms with van der Waals surface area (Å²) in [7, 11) is 1.68. The lowest BCUT2D eigenvalue weighted by Crippen LogP contribution is -2.27. The van der Waals surface area contributed by atoms with E-state index in [1.165, 1.54) is 16.0 Å². The molecule has 1 unspecified atom stereocenters. The minimum Gasteiger partial charge on any atom is -0.497 e. The van der Waals surface area contributed by atoms with Crippen molar-refractivity contribution < 1.29 is 4.74 Å². The third-order valence-electron chi connectivity index (χ3n) is 6.86. The Labute approximate surface area is 214 Å². The number of nitrogens with zero attached hydrogens (tertiary/aromatic N) is 2. The van der Waals surface area contributed by atoms with E-state index in [1.807, 2.05) is 36.4 Å². The minimum atomic E-state index is 0.0572. The van der Waals surface area contributed by atoms with Crippen LogP contribution in [0.4, 0.5) is 5.69 Å². The third kappa shape index (κ3) is 4.40. The van der Waals surface area contributed by atoms with Crippen LogP contribution in [0, 0.1) is 0 Å². The maximum Gasteiger partial charge on any atom is 0.262 e. The number of methoxy groups -OCH3 is 1. The van der Waals surface area contributed by atoms with Crippen LogP contribution in [-0.4, -0.2) is 22.7 Å². The molecular formula is C30H27N3O2S. The summed E-state index contributed by atoms with van der Waals surface area (Å²) < 4.78 is 7.10. The Hall–Kier alpha value is -3.90. The van der Waals surface area contributed by atoms with Gasteiger partial charge in [-0.25, -0.2) is 4.98 Å². The summed E-state index contributed by atoms with van der Waals surface area (Å²) in [5.74, 6) is 0.845. The van der Waals surface area contributed by atoms with Crippen molar-refractivity contribution in [3.05, 3.63) is 112 Å². The van der Waals surface area contributed by atoms with Crippen molar-refractivity contribution in [3.63, 3.8) is 0 Å². The van der Waals surface area contributed by atoms with Crippen molar-refractivity contribution in [3.8, 4) is 16.9 Å². The predicted molar refractivity (Wildman–Crippen MR) is 147 cm³/mol. The van der Waals surface area contributed by atoms with E-state index in [-0.39, 0.29) is 5.56 Å². The molecule has 3 aromatic carbocycles. The first-order valence-electron chi connectivity index (χ1n) is 12.2. The number of fused-ring (bicyclic) bond motifs is 3. The molecule has 0 aliphatic heterocycles. The van der Waals surface area contributed by atoms with E-state index >= 15 is 0 Å². The van der Waals surface area contributed by atoms with Crippen LogP contribution in [0.15, 0.2) is 90.0 Å². The molecule has 0 bridgehead atoms. The van der Waals surface area contributed by atoms with Crippen LogP contribution in [-0.2, 0) is 19.4 Å². The van der Waals surface area contributed by atoms with Crippen LogP contribution < -0.4 is 15.6 Å². The molecule has 5 aromatic rings. The third-order valence-corrected chi connectivity index (χ3v) is 8.03. The van der Waals surface area contributed by atoms with Crippen LogP contribution in [0.2, 0.25) is 0 Å². The van der Waals surface area contributed by atoms with Gasteiger partial charge >= 0.3 is 0 Å². The highest BCUT2D eigenvalue weighted by atomic mass is 32.1. The number of hydrogen-bond donors (Lipinski definition) is 1. The molecular weight excluding hydrogens is 466 g/mol. The van der Waals surface area contributed by atoms with E-state index < -0.39 is 0 Å². The Bertz CT molecular complexity index is 1590. The number of anilines is 1. The van der Waals surface area contributed by atoms with Gasteiger partial charge in [0.05, 0.1) is 25.4 Å². The molecule has 1 N–H and O–H groups in total. The molecule has 0 amide bonds. The highest BCUT2D eigenvalue weighted by Crippen LogP contribution is 2.35. The lowest BCUT2D eigenvalue weighted by atomic mass is 9.93. The molecule has 0 fully saturated rings. The number of hydrogen-bond acceptors (Lipinski definition) is 5. The SMILES string of the molecule is COc1cccc(NC2CCc3c(sc4ncn(Cc5cccc(-c6ccccc6)c5)c(=O)c34)C2)c1. The van der Waals surface area contributed by atoms with Crippen molar-refractivity contribution in [1.82, 2.24) is 9.55 Å². The molecule has 0 spiro atoms. The van der Waals surface area contributed by atoms with Gasteiger partial charge < -0.3 is 10.1 Å². The summed E-state index contributed by atoms with van der Waals surface area (Å²) >= 11 is 1.66. The zero-order valence-electron chi connectivity index (χ0n) is 20.1. The lowest BCUT2D eigenvalue weighted by molar-refractivity contribution is 0.415. The molecule has 36 heavy (non-hydrogen) atoms. The van der Waals surface area contributed by atoms with Gasteiger partial charge in [-0.05, 0) is 53.3 Å². The van der Waals surface area contributed by atoms with Gasteiger partial charge in [0.15, 0.2) is 0 Å². The first kappa shape index (κ1) is 22.6. The number of benzene rings is 3. The minimum absolute atomic E-state index is 0.0572. The molecule has 0 saturated heterocycles. The van der Waals surface area contributed by atoms with Gasteiger partial charge in [-0.3, -0.25) is 9.36 Å². The lowest BCUT2D eigenvalue weighted by Gasteiger charge is -2.24. The Morgan fingerprint density at radius 1 is 1.03 bits per heavy atom. The number of aryl methyl sites for hydroxylation is 1. The summed E-state index contributed by atoms with van der Waals surface area (Å²) in [6.45, 7) is 0.507. The zero-order chi connectivity index (χ0) is 24.5. The summed E-state index contributed by atoms with van der Waals surface area (Å²) in [6, 6.07) is 27.1. The molecule has 180 valence electrons. The van der Waals surface area contributed by atoms with E-state index in [9.17, 15) is 4.79 Å². The van der Waals surface area contributed by atoms with Gasteiger partial charge in [-0.1, -0.05) is 54.6 Å². The molecule has 6 rings (SSSR count). The summed E-state index contributed by atoms with van der Waals surface area (Å²) in [5, 5.41) is 4.44. The molecule has 0 saturated carbocycles. The van der Waals surface area contributed by atoms with Gasteiger partial charge in [-0.15, -0.1) is 11.3 Å². The Balaban J connectivity index is 1.25. The van der Waals surface area contributed by atoms with E-state index in [1.54, 1.807) is 29.3 Å². The van der Waals surface area contributed by atoms with Crippen molar-refractivity contribution in [2.45, 2.75) is 31.8 Å². The number of aromatic nitrogens is 2. The largest absolute Gasteiger partial charge is 0.497 e. The smallest absolute Gasteiger partial charge is 0.262 e. The van der Waals surface area contributed by atoms with Crippen LogP contribution in [0.25, 0.3) is 21.3 Å². The summed E-state index contributed by atoms with van der Waals surface area (Å²) in [6.07, 6.45) is 4.45. The normalized spacial score (nSPS) is 15.0. The van der Waals surface area contributed by atoms with Crippen molar-refractivity contribution in [1.29, 1.82) is 0 Å². The molecule has 0 radical (unpaired) electrons. The highest BCUT2D eigenvalue weighted by molar-refractivity contribution is 7.18. The number of rotatable bonds is 6. The second-order valence-electron chi connectivity index (χ2n) is 9.24. The molecule has 1 aliphatic carbocycles. The number of ether oxygens (including phenoxy) is 1. The molecule has 2 aromatic heterocycles. The number of thiophene rings is 1. The maximum atomic E-state index is 13.6. The second kappa shape index (κ2) is 9.63. The second-order valence-corrected chi connectivity index (χ2v) is 10.3. The van der Waals surface area contributed by atoms with Gasteiger partial charge in [-0.2, -0.15) is 0 Å². The van der Waals surface area contributed by atoms with E-state index in [4.69, 9.17) is 9.72 Å². The Morgan fingerprint density at radius 3 is 2.72 bits per heavy atom. The first-order valence-corrected chi connectivity index (χ1v) is 13.0. The monoisotopic (exact) mass is 493 g/mol. The van der Waals surface area contributed by atoms with Gasteiger partial charge in [0.25, 0.3) is 5.56 Å². The molecule has 6 heteroatoms. The fraction of sp³-hybridized carbons (Fsp3) is 0.200. The molecule has 5 nitrogen and oxygen atoms in total. The summed E-state index contributed by atoms with van der Waals surface area (Å²) in [4.78, 5) is 20.4. The predicted octanol–water partition coefficient (Wildman–Crippen LogP) is 6.15. The van der Waals surface area contributed by atoms with Crippen molar-refractivity contribution >= 4 is 27.2 Å². The van der Waals surface area contributed by atoms with E-state index in [0.717, 1.165) is 52.0 Å². The molecule has 2 heterocycles. The van der Waals surface area contributed by atoms with E-state index in [2.05, 4.69) is 47.8 Å². The van der Waals surface area contributed by atoms with Crippen LogP contribution in [0.5, 0.6) is 5.75 Å². The van der Waals surface area contributed by atoms with Crippen LogP contribution in [0.1, 0.15) is 22.4 Å². The van der Waals surface area contributed by atoms with Gasteiger partial charge in [0.1, 0.15) is 10.6 Å². The standard InChI is InChI=1S/C30H27N3O2S/c1-35-25-12-6-11-23(16-25)32-24-13-14-26-27(17-24)36-29-28(26)30(34)33(19-31-29)18-20-7-5-10-22(15-20)21-8-3-2-4-9-21/h2-12,15-16,19,24,32H,13-14,17-18H2,1H3. The zero-order valence-corrected chi connectivity index (χ0v) is 20.9. The fourth-order valence-electron chi connectivity index (χ4n) is 5.06. The molecule has 1 aliphatic rings. The average Bonchev–Trinajstić information content (AvgIpc) is 3.29. The topological polar surface area (TPSA) is 56.1 Å². The molecule has 1 atom stereocenters. The van der Waals surface area contributed by atoms with Crippen molar-refractivity contribution in [2.75, 3.05) is 12.4 Å². The van der Waals surface area contributed by atoms with Gasteiger partial charge in [0.2, 0.25) is 0 Å². The van der Waals surface area contributed by atoms with E-state index in [0.29, 0.717) is 12.6 Å². The Kier molecular flexibility index (Phi) is 6.03. The van der Waals surface area contributed by atoms with Crippen LogP contribution in [0.3, 0.4) is 0 Å². The maximum absolute atomic E-state index is 13.6. The summed E-state index contributed by atoms with van der Waals surface area (Å²) in [5.41, 5.74) is 5.71. The van der Waals surface area contributed by atoms with Crippen molar-refractivity contribution in [2.24, 2.45) is 0 Å². The number of nitrogens with one attached hydrogen (secondary N) is 1. The van der Waals surface area contributed by atoms with Crippen LogP contribution >= 0.6 is 11.3 Å². The van der Waals surface area contributed by atoms with Gasteiger partial charge in [0, 0.05) is 29.1 Å². The quantitative estimate of drug-likeness (QED) is 0.308. The Morgan fingerprint density at radius 2 is 1.86 bits per heavy atom. The highest BCUT2D eigenvalue weighted by Gasteiger charge is 2.25. The fourth-order valence-corrected chi connectivity index (χ4v) is 6.32. The average molecular weight is 494 g/mol. The first-order chi connectivity index (χ1) is 17.7.